The predicted octanol–water partition coefficient (Wildman–Crippen LogP) is 3.28. The average molecular weight is 215 g/mol. The van der Waals surface area contributed by atoms with E-state index in [0.717, 1.165) is 17.7 Å². The molecule has 1 atom stereocenters. The Morgan fingerprint density at radius 1 is 1.19 bits per heavy atom. The Kier molecular flexibility index (Phi) is 3.42. The van der Waals surface area contributed by atoms with E-state index in [1.165, 1.54) is 12.0 Å². The molecule has 0 aliphatic rings. The molecule has 0 saturated heterocycles. The average Bonchev–Trinajstić information content (AvgIpc) is 2.83. The Bertz CT molecular complexity index is 417. The first-order valence-corrected chi connectivity index (χ1v) is 5.69. The Morgan fingerprint density at radius 2 is 1.94 bits per heavy atom. The molecule has 0 saturated carbocycles. The van der Waals surface area contributed by atoms with Gasteiger partial charge in [-0.25, -0.2) is 0 Å². The van der Waals surface area contributed by atoms with Gasteiger partial charge in [0.2, 0.25) is 0 Å². The van der Waals surface area contributed by atoms with E-state index in [4.69, 9.17) is 10.2 Å². The van der Waals surface area contributed by atoms with Crippen LogP contribution < -0.4 is 5.73 Å². The van der Waals surface area contributed by atoms with Crippen LogP contribution in [0.1, 0.15) is 36.3 Å². The van der Waals surface area contributed by atoms with Crippen molar-refractivity contribution in [2.75, 3.05) is 0 Å². The third kappa shape index (κ3) is 2.34. The van der Waals surface area contributed by atoms with Crippen molar-refractivity contribution < 1.29 is 4.42 Å². The van der Waals surface area contributed by atoms with Gasteiger partial charge in [-0.2, -0.15) is 0 Å². The summed E-state index contributed by atoms with van der Waals surface area (Å²) in [6, 6.07) is 12.1. The molecular weight excluding hydrogens is 198 g/mol. The van der Waals surface area contributed by atoms with Gasteiger partial charge in [0.25, 0.3) is 0 Å². The van der Waals surface area contributed by atoms with E-state index >= 15 is 0 Å². The summed E-state index contributed by atoms with van der Waals surface area (Å²) in [4.78, 5) is 0. The molecule has 0 spiro atoms. The maximum atomic E-state index is 6.09. The molecule has 2 N–H and O–H groups in total. The molecule has 1 unspecified atom stereocenters. The normalized spacial score (nSPS) is 12.6. The van der Waals surface area contributed by atoms with Crippen LogP contribution in [0.3, 0.4) is 0 Å². The zero-order valence-corrected chi connectivity index (χ0v) is 9.52. The van der Waals surface area contributed by atoms with Crippen molar-refractivity contribution in [1.82, 2.24) is 0 Å². The lowest BCUT2D eigenvalue weighted by Gasteiger charge is -2.09. The van der Waals surface area contributed by atoms with Crippen LogP contribution in [0.15, 0.2) is 47.1 Å². The molecule has 2 heteroatoms. The standard InChI is InChI=1S/C14H17NO/c1-2-4-11-6-8-12(9-7-11)14(15)13-5-3-10-16-13/h3,5-10,14H,2,4,15H2,1H3. The first-order chi connectivity index (χ1) is 7.81. The molecule has 1 heterocycles. The SMILES string of the molecule is CCCc1ccc(C(N)c2ccco2)cc1. The first kappa shape index (κ1) is 11.0. The minimum atomic E-state index is -0.161. The van der Waals surface area contributed by atoms with E-state index in [1.54, 1.807) is 6.26 Å². The second-order valence-corrected chi connectivity index (χ2v) is 3.98. The zero-order chi connectivity index (χ0) is 11.4. The lowest BCUT2D eigenvalue weighted by Crippen LogP contribution is -2.10. The van der Waals surface area contributed by atoms with Crippen molar-refractivity contribution in [3.63, 3.8) is 0 Å². The number of rotatable bonds is 4. The Morgan fingerprint density at radius 3 is 2.50 bits per heavy atom. The quantitative estimate of drug-likeness (QED) is 0.850. The number of hydrogen-bond acceptors (Lipinski definition) is 2. The molecule has 1 aromatic heterocycles. The minimum Gasteiger partial charge on any atom is -0.467 e. The van der Waals surface area contributed by atoms with E-state index in [1.807, 2.05) is 12.1 Å². The van der Waals surface area contributed by atoms with Crippen LogP contribution in [0.4, 0.5) is 0 Å². The van der Waals surface area contributed by atoms with Crippen molar-refractivity contribution in [2.45, 2.75) is 25.8 Å². The second-order valence-electron chi connectivity index (χ2n) is 3.98. The topological polar surface area (TPSA) is 39.2 Å². The number of nitrogens with two attached hydrogens (primary N) is 1. The molecule has 2 nitrogen and oxygen atoms in total. The summed E-state index contributed by atoms with van der Waals surface area (Å²) in [5, 5.41) is 0. The van der Waals surface area contributed by atoms with Gasteiger partial charge in [0.1, 0.15) is 5.76 Å². The number of hydrogen-bond donors (Lipinski definition) is 1. The van der Waals surface area contributed by atoms with E-state index < -0.39 is 0 Å². The van der Waals surface area contributed by atoms with Crippen molar-refractivity contribution in [3.8, 4) is 0 Å². The number of aryl methyl sites for hydroxylation is 1. The van der Waals surface area contributed by atoms with Gasteiger partial charge >= 0.3 is 0 Å². The van der Waals surface area contributed by atoms with Gasteiger partial charge in [-0.1, -0.05) is 37.6 Å². The van der Waals surface area contributed by atoms with Crippen molar-refractivity contribution >= 4 is 0 Å². The van der Waals surface area contributed by atoms with E-state index in [9.17, 15) is 0 Å². The molecule has 16 heavy (non-hydrogen) atoms. The van der Waals surface area contributed by atoms with Crippen molar-refractivity contribution in [1.29, 1.82) is 0 Å². The van der Waals surface area contributed by atoms with Crippen LogP contribution in [0.25, 0.3) is 0 Å². The zero-order valence-electron chi connectivity index (χ0n) is 9.52. The molecule has 0 bridgehead atoms. The van der Waals surface area contributed by atoms with Crippen molar-refractivity contribution in [2.24, 2.45) is 5.73 Å². The summed E-state index contributed by atoms with van der Waals surface area (Å²) in [5.74, 6) is 0.809. The molecule has 2 aromatic rings. The Labute approximate surface area is 96.1 Å². The lowest BCUT2D eigenvalue weighted by atomic mass is 10.0. The minimum absolute atomic E-state index is 0.161. The van der Waals surface area contributed by atoms with Gasteiger partial charge < -0.3 is 10.2 Å². The number of benzene rings is 1. The molecular formula is C14H17NO. The van der Waals surface area contributed by atoms with E-state index in [-0.39, 0.29) is 6.04 Å². The third-order valence-corrected chi connectivity index (χ3v) is 2.73. The molecule has 1 aromatic carbocycles. The van der Waals surface area contributed by atoms with Gasteiger partial charge in [-0.3, -0.25) is 0 Å². The summed E-state index contributed by atoms with van der Waals surface area (Å²) in [5.41, 5.74) is 8.54. The molecule has 2 rings (SSSR count). The van der Waals surface area contributed by atoms with Crippen LogP contribution >= 0.6 is 0 Å². The molecule has 0 amide bonds. The smallest absolute Gasteiger partial charge is 0.124 e. The maximum Gasteiger partial charge on any atom is 0.124 e. The monoisotopic (exact) mass is 215 g/mol. The highest BCUT2D eigenvalue weighted by Gasteiger charge is 2.10. The predicted molar refractivity (Wildman–Crippen MR) is 65.2 cm³/mol. The van der Waals surface area contributed by atoms with Crippen LogP contribution in [0, 0.1) is 0 Å². The summed E-state index contributed by atoms with van der Waals surface area (Å²) in [6.07, 6.45) is 3.94. The third-order valence-electron chi connectivity index (χ3n) is 2.73. The second kappa shape index (κ2) is 4.99. The lowest BCUT2D eigenvalue weighted by molar-refractivity contribution is 0.490. The molecule has 0 aliphatic carbocycles. The fourth-order valence-corrected chi connectivity index (χ4v) is 1.81. The fourth-order valence-electron chi connectivity index (χ4n) is 1.81. The van der Waals surface area contributed by atoms with Gasteiger partial charge in [-0.15, -0.1) is 0 Å². The summed E-state index contributed by atoms with van der Waals surface area (Å²) in [6.45, 7) is 2.18. The first-order valence-electron chi connectivity index (χ1n) is 5.69. The van der Waals surface area contributed by atoms with Gasteiger partial charge in [0, 0.05) is 0 Å². The summed E-state index contributed by atoms with van der Waals surface area (Å²) in [7, 11) is 0. The Hall–Kier alpha value is -1.54. The number of furan rings is 1. The van der Waals surface area contributed by atoms with Crippen LogP contribution in [0.2, 0.25) is 0 Å². The summed E-state index contributed by atoms with van der Waals surface area (Å²) >= 11 is 0. The van der Waals surface area contributed by atoms with Crippen molar-refractivity contribution in [3.05, 3.63) is 59.5 Å². The van der Waals surface area contributed by atoms with Crippen LogP contribution in [-0.2, 0) is 6.42 Å². The summed E-state index contributed by atoms with van der Waals surface area (Å²) < 4.78 is 5.30. The van der Waals surface area contributed by atoms with Gasteiger partial charge in [-0.05, 0) is 29.7 Å². The Balaban J connectivity index is 2.15. The molecule has 0 aliphatic heterocycles. The molecule has 0 fully saturated rings. The van der Waals surface area contributed by atoms with Crippen LogP contribution in [0.5, 0.6) is 0 Å². The fraction of sp³-hybridized carbons (Fsp3) is 0.286. The molecule has 0 radical (unpaired) electrons. The van der Waals surface area contributed by atoms with E-state index in [0.29, 0.717) is 0 Å². The molecule has 84 valence electrons. The van der Waals surface area contributed by atoms with Crippen LogP contribution in [-0.4, -0.2) is 0 Å². The van der Waals surface area contributed by atoms with Gasteiger partial charge in [0.15, 0.2) is 0 Å². The maximum absolute atomic E-state index is 6.09. The largest absolute Gasteiger partial charge is 0.467 e. The van der Waals surface area contributed by atoms with Gasteiger partial charge in [0.05, 0.1) is 12.3 Å². The highest BCUT2D eigenvalue weighted by molar-refractivity contribution is 5.29. The highest BCUT2D eigenvalue weighted by Crippen LogP contribution is 2.20. The highest BCUT2D eigenvalue weighted by atomic mass is 16.3. The van der Waals surface area contributed by atoms with E-state index in [2.05, 4.69) is 31.2 Å².